The second-order valence-electron chi connectivity index (χ2n) is 12.3. The van der Waals surface area contributed by atoms with Gasteiger partial charge in [0.25, 0.3) is 0 Å². The highest BCUT2D eigenvalue weighted by atomic mass is 16.5. The molecule has 0 spiro atoms. The molecular weight excluding hydrogens is 552 g/mol. The molecule has 11 heteroatoms. The number of anilines is 4. The van der Waals surface area contributed by atoms with Crippen LogP contribution in [-0.4, -0.2) is 45.9 Å². The fourth-order valence-corrected chi connectivity index (χ4v) is 5.72. The van der Waals surface area contributed by atoms with Gasteiger partial charge in [0.15, 0.2) is 5.65 Å². The predicted molar refractivity (Wildman–Crippen MR) is 172 cm³/mol. The van der Waals surface area contributed by atoms with Crippen LogP contribution in [0.4, 0.5) is 23.1 Å². The molecule has 1 aliphatic rings. The van der Waals surface area contributed by atoms with Gasteiger partial charge in [-0.25, -0.2) is 24.9 Å². The molecule has 0 amide bonds. The second-order valence-corrected chi connectivity index (χ2v) is 12.3. The molecule has 0 aliphatic carbocycles. The molecule has 1 atom stereocenters. The van der Waals surface area contributed by atoms with Crippen LogP contribution in [-0.2, 0) is 17.2 Å². The van der Waals surface area contributed by atoms with Crippen LogP contribution in [0.2, 0.25) is 0 Å². The van der Waals surface area contributed by atoms with Crippen molar-refractivity contribution in [3.05, 3.63) is 72.7 Å². The summed E-state index contributed by atoms with van der Waals surface area (Å²) in [6.07, 6.45) is 10.1. The van der Waals surface area contributed by atoms with Crippen LogP contribution < -0.4 is 10.6 Å². The number of ether oxygens (including phenoxy) is 1. The van der Waals surface area contributed by atoms with Crippen molar-refractivity contribution in [1.29, 1.82) is 0 Å². The first-order chi connectivity index (χ1) is 21.3. The minimum absolute atomic E-state index is 0.0600. The lowest BCUT2D eigenvalue weighted by molar-refractivity contribution is -0.0298. The lowest BCUT2D eigenvalue weighted by atomic mass is 9.92. The van der Waals surface area contributed by atoms with E-state index < -0.39 is 0 Å². The summed E-state index contributed by atoms with van der Waals surface area (Å²) in [4.78, 5) is 23.5. The number of aryl methyl sites for hydroxylation is 2. The molecule has 0 bridgehead atoms. The quantitative estimate of drug-likeness (QED) is 0.213. The first-order valence-electron chi connectivity index (χ1n) is 15.0. The molecule has 11 nitrogen and oxygen atoms in total. The molecular formula is C33H36N10O. The van der Waals surface area contributed by atoms with Crippen molar-refractivity contribution < 1.29 is 4.74 Å². The molecule has 224 valence electrons. The van der Waals surface area contributed by atoms with Gasteiger partial charge in [0, 0.05) is 53.9 Å². The molecule has 1 unspecified atom stereocenters. The summed E-state index contributed by atoms with van der Waals surface area (Å²) in [7, 11) is 1.94. The number of fused-ring (bicyclic) bond motifs is 2. The number of aromatic nitrogens is 8. The monoisotopic (exact) mass is 588 g/mol. The zero-order valence-electron chi connectivity index (χ0n) is 25.7. The van der Waals surface area contributed by atoms with Gasteiger partial charge in [0.1, 0.15) is 41.2 Å². The maximum Gasteiger partial charge on any atom is 0.165 e. The number of hydrogen-bond acceptors (Lipinski definition) is 9. The minimum atomic E-state index is -0.0656. The standard InChI is InChI=1S/C33H36N10O/c1-20-11-12-22-21(13-15-35-30(22)39-25-17-24(33(2,3)4)41-42(25)5)27(20)40-31-23(9-8-14-34-31)28-29-32(37-18-36-28)43(19-38-29)26-10-6-7-16-44-26/h8-9,11-15,17-19,26H,6-7,10,16H2,1-5H3,(H,34,40)(H,35,39). The molecule has 44 heavy (non-hydrogen) atoms. The zero-order chi connectivity index (χ0) is 30.4. The smallest absolute Gasteiger partial charge is 0.165 e. The van der Waals surface area contributed by atoms with E-state index in [4.69, 9.17) is 24.8 Å². The Hall–Kier alpha value is -4.90. The van der Waals surface area contributed by atoms with Crippen LogP contribution in [0.1, 0.15) is 57.5 Å². The van der Waals surface area contributed by atoms with Gasteiger partial charge in [0.05, 0.1) is 17.7 Å². The molecule has 0 saturated carbocycles. The van der Waals surface area contributed by atoms with Gasteiger partial charge in [-0.05, 0) is 49.9 Å². The number of nitrogens with zero attached hydrogens (tertiary/aromatic N) is 8. The zero-order valence-corrected chi connectivity index (χ0v) is 25.7. The third kappa shape index (κ3) is 5.02. The molecule has 2 N–H and O–H groups in total. The van der Waals surface area contributed by atoms with E-state index in [9.17, 15) is 0 Å². The largest absolute Gasteiger partial charge is 0.358 e. The third-order valence-corrected chi connectivity index (χ3v) is 8.18. The van der Waals surface area contributed by atoms with Crippen LogP contribution in [0.5, 0.6) is 0 Å². The lowest BCUT2D eigenvalue weighted by Crippen LogP contribution is -2.17. The van der Waals surface area contributed by atoms with Crippen LogP contribution >= 0.6 is 0 Å². The number of hydrogen-bond donors (Lipinski definition) is 2. The van der Waals surface area contributed by atoms with E-state index >= 15 is 0 Å². The molecule has 1 saturated heterocycles. The molecule has 6 heterocycles. The summed E-state index contributed by atoms with van der Waals surface area (Å²) in [6.45, 7) is 9.31. The molecule has 1 fully saturated rings. The predicted octanol–water partition coefficient (Wildman–Crippen LogP) is 6.96. The summed E-state index contributed by atoms with van der Waals surface area (Å²) in [5.41, 5.74) is 6.00. The molecule has 1 aromatic carbocycles. The lowest BCUT2D eigenvalue weighted by Gasteiger charge is -2.23. The summed E-state index contributed by atoms with van der Waals surface area (Å²) in [5, 5.41) is 13.9. The van der Waals surface area contributed by atoms with E-state index in [1.165, 1.54) is 0 Å². The van der Waals surface area contributed by atoms with E-state index in [-0.39, 0.29) is 11.6 Å². The van der Waals surface area contributed by atoms with Crippen LogP contribution in [0.15, 0.2) is 61.4 Å². The summed E-state index contributed by atoms with van der Waals surface area (Å²) < 4.78 is 9.91. The van der Waals surface area contributed by atoms with Gasteiger partial charge in [-0.2, -0.15) is 5.10 Å². The molecule has 7 rings (SSSR count). The number of nitrogens with one attached hydrogen (secondary N) is 2. The Kier molecular flexibility index (Phi) is 6.97. The van der Waals surface area contributed by atoms with E-state index in [2.05, 4.69) is 66.5 Å². The van der Waals surface area contributed by atoms with E-state index in [1.54, 1.807) is 12.5 Å². The van der Waals surface area contributed by atoms with Gasteiger partial charge >= 0.3 is 0 Å². The summed E-state index contributed by atoms with van der Waals surface area (Å²) in [5.74, 6) is 2.31. The van der Waals surface area contributed by atoms with Crippen molar-refractivity contribution in [2.24, 2.45) is 7.05 Å². The van der Waals surface area contributed by atoms with Crippen molar-refractivity contribution in [1.82, 2.24) is 39.3 Å². The minimum Gasteiger partial charge on any atom is -0.358 e. The Balaban J connectivity index is 1.27. The van der Waals surface area contributed by atoms with E-state index in [0.29, 0.717) is 17.0 Å². The first kappa shape index (κ1) is 27.9. The normalized spacial score (nSPS) is 15.6. The topological polar surface area (TPSA) is 120 Å². The second kappa shape index (κ2) is 11.0. The maximum absolute atomic E-state index is 6.03. The Labute approximate surface area is 255 Å². The van der Waals surface area contributed by atoms with E-state index in [1.807, 2.05) is 47.0 Å². The van der Waals surface area contributed by atoms with Gasteiger partial charge < -0.3 is 15.4 Å². The van der Waals surface area contributed by atoms with Crippen LogP contribution in [0.25, 0.3) is 33.2 Å². The van der Waals surface area contributed by atoms with Crippen molar-refractivity contribution in [2.45, 2.75) is 58.6 Å². The highest BCUT2D eigenvalue weighted by molar-refractivity contribution is 6.03. The highest BCUT2D eigenvalue weighted by Gasteiger charge is 2.23. The van der Waals surface area contributed by atoms with Crippen molar-refractivity contribution >= 4 is 45.1 Å². The third-order valence-electron chi connectivity index (χ3n) is 8.18. The first-order valence-corrected chi connectivity index (χ1v) is 15.0. The highest BCUT2D eigenvalue weighted by Crippen LogP contribution is 2.37. The van der Waals surface area contributed by atoms with Gasteiger partial charge in [0.2, 0.25) is 0 Å². The Bertz CT molecular complexity index is 1980. The average Bonchev–Trinajstić information content (AvgIpc) is 3.63. The average molecular weight is 589 g/mol. The SMILES string of the molecule is Cc1ccc2c(Nc3cc(C(C)(C)C)nn3C)nccc2c1Nc1ncccc1-c1ncnc2c1ncn2C1CCCCO1. The molecule has 0 radical (unpaired) electrons. The Morgan fingerprint density at radius 2 is 1.77 bits per heavy atom. The number of rotatable bonds is 6. The Morgan fingerprint density at radius 3 is 2.57 bits per heavy atom. The molecule has 6 aromatic rings. The Morgan fingerprint density at radius 1 is 0.909 bits per heavy atom. The summed E-state index contributed by atoms with van der Waals surface area (Å²) >= 11 is 0. The van der Waals surface area contributed by atoms with Gasteiger partial charge in [-0.15, -0.1) is 0 Å². The number of benzene rings is 1. The van der Waals surface area contributed by atoms with Crippen molar-refractivity contribution in [2.75, 3.05) is 17.2 Å². The van der Waals surface area contributed by atoms with Crippen LogP contribution in [0.3, 0.4) is 0 Å². The number of imidazole rings is 1. The fourth-order valence-electron chi connectivity index (χ4n) is 5.72. The van der Waals surface area contributed by atoms with Gasteiger partial charge in [-0.3, -0.25) is 9.25 Å². The van der Waals surface area contributed by atoms with Crippen LogP contribution in [0, 0.1) is 6.92 Å². The van der Waals surface area contributed by atoms with Crippen molar-refractivity contribution in [3.63, 3.8) is 0 Å². The molecule has 5 aromatic heterocycles. The fraction of sp³-hybridized carbons (Fsp3) is 0.333. The summed E-state index contributed by atoms with van der Waals surface area (Å²) in [6, 6.07) is 12.2. The van der Waals surface area contributed by atoms with Gasteiger partial charge in [-0.1, -0.05) is 32.9 Å². The van der Waals surface area contributed by atoms with E-state index in [0.717, 1.165) is 76.4 Å². The van der Waals surface area contributed by atoms with Crippen molar-refractivity contribution in [3.8, 4) is 11.3 Å². The molecule has 1 aliphatic heterocycles. The maximum atomic E-state index is 6.03. The number of pyridine rings is 2.